The number of amides is 4. The van der Waals surface area contributed by atoms with Crippen LogP contribution in [0.25, 0.3) is 6.08 Å². The summed E-state index contributed by atoms with van der Waals surface area (Å²) in [7, 11) is 1.52. The van der Waals surface area contributed by atoms with E-state index in [4.69, 9.17) is 14.2 Å². The molecule has 8 heteroatoms. The largest absolute Gasteiger partial charge is 0.493 e. The number of carbonyl (C=O) groups excluding carboxylic acids is 3. The fourth-order valence-corrected chi connectivity index (χ4v) is 3.89. The highest BCUT2D eigenvalue weighted by molar-refractivity contribution is 6.31. The number of benzene rings is 3. The molecule has 3 aromatic rings. The Morgan fingerprint density at radius 1 is 0.868 bits per heavy atom. The van der Waals surface area contributed by atoms with Crippen LogP contribution < -0.4 is 19.5 Å². The lowest BCUT2D eigenvalue weighted by Gasteiger charge is -2.26. The van der Waals surface area contributed by atoms with E-state index in [2.05, 4.69) is 5.32 Å². The normalized spacial score (nSPS) is 14.4. The van der Waals surface area contributed by atoms with Gasteiger partial charge in [0.2, 0.25) is 0 Å². The third kappa shape index (κ3) is 6.21. The maximum absolute atomic E-state index is 13.3. The van der Waals surface area contributed by atoms with Crippen LogP contribution in [0.2, 0.25) is 0 Å². The maximum atomic E-state index is 13.3. The fourth-order valence-electron chi connectivity index (χ4n) is 3.89. The maximum Gasteiger partial charge on any atom is 0.331 e. The molecular formula is C30H30N2O6. The number of para-hydroxylation sites is 1. The van der Waals surface area contributed by atoms with E-state index in [1.165, 1.54) is 13.2 Å². The molecule has 1 heterocycles. The van der Waals surface area contributed by atoms with Gasteiger partial charge >= 0.3 is 6.03 Å². The first-order valence-corrected chi connectivity index (χ1v) is 12.4. The Morgan fingerprint density at radius 2 is 1.61 bits per heavy atom. The van der Waals surface area contributed by atoms with Crippen molar-refractivity contribution < 1.29 is 28.6 Å². The number of aryl methyl sites for hydroxylation is 1. The molecule has 0 unspecified atom stereocenters. The van der Waals surface area contributed by atoms with Crippen LogP contribution in [0.1, 0.15) is 35.6 Å². The minimum Gasteiger partial charge on any atom is -0.493 e. The highest BCUT2D eigenvalue weighted by atomic mass is 16.5. The zero-order valence-corrected chi connectivity index (χ0v) is 21.7. The number of hydrogen-bond acceptors (Lipinski definition) is 6. The number of nitrogens with one attached hydrogen (secondary N) is 1. The molecule has 1 aliphatic heterocycles. The summed E-state index contributed by atoms with van der Waals surface area (Å²) in [4.78, 5) is 39.6. The Hall–Kier alpha value is -4.59. The van der Waals surface area contributed by atoms with Crippen LogP contribution in [0, 0.1) is 6.92 Å². The van der Waals surface area contributed by atoms with Crippen molar-refractivity contribution in [1.29, 1.82) is 0 Å². The van der Waals surface area contributed by atoms with E-state index in [0.29, 0.717) is 41.6 Å². The van der Waals surface area contributed by atoms with Crippen molar-refractivity contribution in [3.05, 3.63) is 94.6 Å². The van der Waals surface area contributed by atoms with Gasteiger partial charge in [-0.15, -0.1) is 0 Å². The number of barbiturate groups is 1. The Morgan fingerprint density at radius 3 is 2.34 bits per heavy atom. The summed E-state index contributed by atoms with van der Waals surface area (Å²) >= 11 is 0. The zero-order chi connectivity index (χ0) is 27.1. The van der Waals surface area contributed by atoms with Crippen molar-refractivity contribution in [3.63, 3.8) is 0 Å². The van der Waals surface area contributed by atoms with Crippen molar-refractivity contribution in [2.45, 2.75) is 33.4 Å². The number of rotatable bonds is 10. The van der Waals surface area contributed by atoms with Gasteiger partial charge < -0.3 is 14.2 Å². The minimum atomic E-state index is -0.786. The highest BCUT2D eigenvalue weighted by Crippen LogP contribution is 2.30. The number of carbonyl (C=O) groups is 3. The van der Waals surface area contributed by atoms with E-state index >= 15 is 0 Å². The topological polar surface area (TPSA) is 94.2 Å². The molecule has 1 fully saturated rings. The average Bonchev–Trinajstić information content (AvgIpc) is 2.92. The Bertz CT molecular complexity index is 1360. The van der Waals surface area contributed by atoms with Gasteiger partial charge in [0.05, 0.1) is 20.3 Å². The summed E-state index contributed by atoms with van der Waals surface area (Å²) in [5.74, 6) is 0.123. The molecule has 0 bridgehead atoms. The third-order valence-electron chi connectivity index (χ3n) is 5.95. The van der Waals surface area contributed by atoms with E-state index in [0.717, 1.165) is 22.4 Å². The Labute approximate surface area is 221 Å². The summed E-state index contributed by atoms with van der Waals surface area (Å²) in [5.41, 5.74) is 3.17. The summed E-state index contributed by atoms with van der Waals surface area (Å²) in [6.45, 7) is 4.83. The molecule has 3 aromatic carbocycles. The van der Waals surface area contributed by atoms with Gasteiger partial charge in [-0.1, -0.05) is 61.0 Å². The molecule has 1 N–H and O–H groups in total. The van der Waals surface area contributed by atoms with E-state index in [-0.39, 0.29) is 12.1 Å². The second-order valence-corrected chi connectivity index (χ2v) is 8.85. The smallest absolute Gasteiger partial charge is 0.331 e. The van der Waals surface area contributed by atoms with Gasteiger partial charge in [-0.2, -0.15) is 0 Å². The predicted octanol–water partition coefficient (Wildman–Crippen LogP) is 5.03. The Kier molecular flexibility index (Phi) is 8.43. The van der Waals surface area contributed by atoms with E-state index in [9.17, 15) is 14.4 Å². The standard InChI is InChI=1S/C30H30N2O6/c1-4-15-37-26-14-13-22(16-27(26)36-3)18-32-29(34)24(28(33)31-30(32)35)17-23-7-5-6-8-25(23)38-19-21-11-9-20(2)10-12-21/h5-14,16-17H,4,15,18-19H2,1-3H3,(H,31,33,35). The number of nitrogens with zero attached hydrogens (tertiary/aromatic N) is 1. The first-order chi connectivity index (χ1) is 18.4. The lowest BCUT2D eigenvalue weighted by atomic mass is 10.1. The Balaban J connectivity index is 1.55. The molecule has 1 aliphatic rings. The molecule has 1 saturated heterocycles. The molecule has 196 valence electrons. The summed E-state index contributed by atoms with van der Waals surface area (Å²) in [5, 5.41) is 2.26. The van der Waals surface area contributed by atoms with E-state index in [1.54, 1.807) is 36.4 Å². The van der Waals surface area contributed by atoms with Crippen molar-refractivity contribution in [3.8, 4) is 17.2 Å². The van der Waals surface area contributed by atoms with E-state index < -0.39 is 17.8 Å². The van der Waals surface area contributed by atoms with Crippen molar-refractivity contribution in [2.75, 3.05) is 13.7 Å². The second-order valence-electron chi connectivity index (χ2n) is 8.85. The van der Waals surface area contributed by atoms with Crippen LogP contribution in [-0.2, 0) is 22.7 Å². The highest BCUT2D eigenvalue weighted by Gasteiger charge is 2.36. The molecule has 0 atom stereocenters. The van der Waals surface area contributed by atoms with Crippen LogP contribution in [0.15, 0.2) is 72.3 Å². The lowest BCUT2D eigenvalue weighted by Crippen LogP contribution is -2.53. The number of methoxy groups -OCH3 is 1. The van der Waals surface area contributed by atoms with Crippen molar-refractivity contribution >= 4 is 23.9 Å². The second kappa shape index (κ2) is 12.1. The fraction of sp³-hybridized carbons (Fsp3) is 0.233. The molecule has 0 aliphatic carbocycles. The van der Waals surface area contributed by atoms with Gasteiger partial charge in [0, 0.05) is 5.56 Å². The van der Waals surface area contributed by atoms with Gasteiger partial charge in [0.25, 0.3) is 11.8 Å². The monoisotopic (exact) mass is 514 g/mol. The average molecular weight is 515 g/mol. The van der Waals surface area contributed by atoms with Crippen LogP contribution in [-0.4, -0.2) is 36.5 Å². The molecule has 38 heavy (non-hydrogen) atoms. The summed E-state index contributed by atoms with van der Waals surface area (Å²) in [6, 6.07) is 19.5. The van der Waals surface area contributed by atoms with Gasteiger partial charge in [0.15, 0.2) is 11.5 Å². The minimum absolute atomic E-state index is 0.0503. The molecule has 4 amide bonds. The van der Waals surface area contributed by atoms with Gasteiger partial charge in [-0.05, 0) is 48.7 Å². The lowest BCUT2D eigenvalue weighted by molar-refractivity contribution is -0.130. The molecular weight excluding hydrogens is 484 g/mol. The number of hydrogen-bond donors (Lipinski definition) is 1. The number of imide groups is 2. The van der Waals surface area contributed by atoms with Gasteiger partial charge in [-0.3, -0.25) is 19.8 Å². The van der Waals surface area contributed by atoms with Crippen molar-refractivity contribution in [2.24, 2.45) is 0 Å². The molecule has 4 rings (SSSR count). The molecule has 8 nitrogen and oxygen atoms in total. The van der Waals surface area contributed by atoms with Crippen LogP contribution in [0.3, 0.4) is 0 Å². The van der Waals surface area contributed by atoms with Gasteiger partial charge in [0.1, 0.15) is 17.9 Å². The SMILES string of the molecule is CCCOc1ccc(CN2C(=O)NC(=O)C(=Cc3ccccc3OCc3ccc(C)cc3)C2=O)cc1OC. The molecule has 0 radical (unpaired) electrons. The molecule has 0 saturated carbocycles. The quantitative estimate of drug-likeness (QED) is 0.301. The van der Waals surface area contributed by atoms with Gasteiger partial charge in [-0.25, -0.2) is 4.79 Å². The zero-order valence-electron chi connectivity index (χ0n) is 21.7. The number of urea groups is 1. The third-order valence-corrected chi connectivity index (χ3v) is 5.95. The predicted molar refractivity (Wildman–Crippen MR) is 143 cm³/mol. The summed E-state index contributed by atoms with van der Waals surface area (Å²) in [6.07, 6.45) is 2.29. The van der Waals surface area contributed by atoms with Crippen molar-refractivity contribution in [1.82, 2.24) is 10.2 Å². The van der Waals surface area contributed by atoms with Crippen LogP contribution in [0.5, 0.6) is 17.2 Å². The first kappa shape index (κ1) is 26.5. The first-order valence-electron chi connectivity index (χ1n) is 12.4. The molecule has 0 spiro atoms. The summed E-state index contributed by atoms with van der Waals surface area (Å²) < 4.78 is 17.1. The number of ether oxygens (including phenoxy) is 3. The van der Waals surface area contributed by atoms with E-state index in [1.807, 2.05) is 44.2 Å². The van der Waals surface area contributed by atoms with Crippen LogP contribution in [0.4, 0.5) is 4.79 Å². The molecule has 0 aromatic heterocycles. The van der Waals surface area contributed by atoms with Crippen LogP contribution >= 0.6 is 0 Å².